The Bertz CT molecular complexity index is 327. The van der Waals surface area contributed by atoms with E-state index < -0.39 is 5.54 Å². The molecule has 2 N–H and O–H groups in total. The summed E-state index contributed by atoms with van der Waals surface area (Å²) in [6.07, 6.45) is 0. The van der Waals surface area contributed by atoms with Crippen molar-refractivity contribution in [3.05, 3.63) is 11.7 Å². The van der Waals surface area contributed by atoms with E-state index in [9.17, 15) is 0 Å². The zero-order valence-corrected chi connectivity index (χ0v) is 10.8. The number of aromatic nitrogens is 2. The van der Waals surface area contributed by atoms with E-state index in [1.807, 2.05) is 13.8 Å². The fourth-order valence-electron chi connectivity index (χ4n) is 1.41. The third-order valence-electron chi connectivity index (χ3n) is 2.52. The number of hydrogen-bond donors (Lipinski definition) is 1. The van der Waals surface area contributed by atoms with E-state index in [1.54, 1.807) is 0 Å². The van der Waals surface area contributed by atoms with E-state index in [2.05, 4.69) is 35.8 Å². The molecule has 0 saturated carbocycles. The van der Waals surface area contributed by atoms with Crippen molar-refractivity contribution in [1.29, 1.82) is 0 Å². The van der Waals surface area contributed by atoms with Crippen LogP contribution in [0.5, 0.6) is 0 Å². The largest absolute Gasteiger partial charge is 0.338 e. The Hall–Kier alpha value is -0.940. The molecule has 0 fully saturated rings. The molecule has 0 aliphatic rings. The van der Waals surface area contributed by atoms with Crippen molar-refractivity contribution in [1.82, 2.24) is 15.0 Å². The smallest absolute Gasteiger partial charge is 0.240 e. The van der Waals surface area contributed by atoms with Crippen molar-refractivity contribution in [2.45, 2.75) is 52.7 Å². The maximum atomic E-state index is 5.89. The van der Waals surface area contributed by atoms with Crippen LogP contribution in [0.1, 0.15) is 46.3 Å². The molecule has 0 radical (unpaired) electrons. The highest BCUT2D eigenvalue weighted by Crippen LogP contribution is 2.14. The molecule has 5 heteroatoms. The molecule has 0 aliphatic carbocycles. The van der Waals surface area contributed by atoms with Gasteiger partial charge >= 0.3 is 0 Å². The molecule has 1 heterocycles. The van der Waals surface area contributed by atoms with Crippen LogP contribution in [-0.2, 0) is 12.1 Å². The first-order valence-corrected chi connectivity index (χ1v) is 5.70. The average Bonchev–Trinajstić information content (AvgIpc) is 2.61. The van der Waals surface area contributed by atoms with E-state index in [0.717, 1.165) is 6.54 Å². The van der Waals surface area contributed by atoms with Crippen molar-refractivity contribution in [2.24, 2.45) is 5.73 Å². The molecule has 1 rings (SSSR count). The highest BCUT2D eigenvalue weighted by Gasteiger charge is 2.22. The standard InChI is InChI=1S/C11H22N4O/c1-6-15(8(2)3)7-9-13-10(14-16-9)11(4,5)12/h8H,6-7,12H2,1-5H3. The monoisotopic (exact) mass is 226 g/mol. The Labute approximate surface area is 97.0 Å². The van der Waals surface area contributed by atoms with Crippen LogP contribution in [0.4, 0.5) is 0 Å². The minimum absolute atomic E-state index is 0.464. The van der Waals surface area contributed by atoms with Gasteiger partial charge in [0.1, 0.15) is 0 Å². The average molecular weight is 226 g/mol. The van der Waals surface area contributed by atoms with Crippen LogP contribution in [-0.4, -0.2) is 27.6 Å². The van der Waals surface area contributed by atoms with Gasteiger partial charge in [0.2, 0.25) is 5.89 Å². The van der Waals surface area contributed by atoms with Crippen LogP contribution in [0.3, 0.4) is 0 Å². The summed E-state index contributed by atoms with van der Waals surface area (Å²) in [6.45, 7) is 11.8. The second-order valence-corrected chi connectivity index (χ2v) is 4.89. The maximum Gasteiger partial charge on any atom is 0.240 e. The number of nitrogens with two attached hydrogens (primary N) is 1. The first kappa shape index (κ1) is 13.1. The Morgan fingerprint density at radius 1 is 1.44 bits per heavy atom. The summed E-state index contributed by atoms with van der Waals surface area (Å²) in [5.41, 5.74) is 5.35. The molecular weight excluding hydrogens is 204 g/mol. The number of rotatable bonds is 5. The fourth-order valence-corrected chi connectivity index (χ4v) is 1.41. The topological polar surface area (TPSA) is 68.2 Å². The van der Waals surface area contributed by atoms with Gasteiger partial charge in [0.25, 0.3) is 0 Å². The molecule has 0 aromatic carbocycles. The van der Waals surface area contributed by atoms with Gasteiger partial charge in [-0.25, -0.2) is 0 Å². The molecule has 0 atom stereocenters. The van der Waals surface area contributed by atoms with Crippen molar-refractivity contribution in [3.63, 3.8) is 0 Å². The summed E-state index contributed by atoms with van der Waals surface area (Å²) in [6, 6.07) is 0.464. The molecular formula is C11H22N4O. The van der Waals surface area contributed by atoms with Gasteiger partial charge in [-0.05, 0) is 34.2 Å². The quantitative estimate of drug-likeness (QED) is 0.824. The normalized spacial score (nSPS) is 12.8. The van der Waals surface area contributed by atoms with Gasteiger partial charge < -0.3 is 10.3 Å². The lowest BCUT2D eigenvalue weighted by Gasteiger charge is -2.22. The molecule has 1 aromatic rings. The summed E-state index contributed by atoms with van der Waals surface area (Å²) < 4.78 is 5.19. The van der Waals surface area contributed by atoms with E-state index in [4.69, 9.17) is 10.3 Å². The van der Waals surface area contributed by atoms with Crippen LogP contribution in [0.2, 0.25) is 0 Å². The predicted molar refractivity (Wildman–Crippen MR) is 62.7 cm³/mol. The Morgan fingerprint density at radius 3 is 2.44 bits per heavy atom. The van der Waals surface area contributed by atoms with Gasteiger partial charge in [0, 0.05) is 6.04 Å². The lowest BCUT2D eigenvalue weighted by Crippen LogP contribution is -2.31. The lowest BCUT2D eigenvalue weighted by molar-refractivity contribution is 0.194. The minimum atomic E-state index is -0.545. The molecule has 92 valence electrons. The molecule has 5 nitrogen and oxygen atoms in total. The van der Waals surface area contributed by atoms with Gasteiger partial charge in [-0.1, -0.05) is 12.1 Å². The van der Waals surface area contributed by atoms with E-state index in [1.165, 1.54) is 0 Å². The van der Waals surface area contributed by atoms with Gasteiger partial charge in [0.15, 0.2) is 5.82 Å². The third-order valence-corrected chi connectivity index (χ3v) is 2.52. The maximum absolute atomic E-state index is 5.89. The molecule has 0 unspecified atom stereocenters. The zero-order valence-electron chi connectivity index (χ0n) is 10.8. The molecule has 0 saturated heterocycles. The summed E-state index contributed by atoms with van der Waals surface area (Å²) in [5, 5.41) is 3.90. The highest BCUT2D eigenvalue weighted by atomic mass is 16.5. The Kier molecular flexibility index (Phi) is 4.04. The van der Waals surface area contributed by atoms with Crippen molar-refractivity contribution >= 4 is 0 Å². The third kappa shape index (κ3) is 3.28. The van der Waals surface area contributed by atoms with Gasteiger partial charge in [-0.15, -0.1) is 0 Å². The van der Waals surface area contributed by atoms with Crippen LogP contribution < -0.4 is 5.73 Å². The summed E-state index contributed by atoms with van der Waals surface area (Å²) in [7, 11) is 0. The lowest BCUT2D eigenvalue weighted by atomic mass is 10.1. The SMILES string of the molecule is CCN(Cc1nc(C(C)(C)N)no1)C(C)C. The fraction of sp³-hybridized carbons (Fsp3) is 0.818. The van der Waals surface area contributed by atoms with Crippen molar-refractivity contribution < 1.29 is 4.52 Å². The summed E-state index contributed by atoms with van der Waals surface area (Å²) >= 11 is 0. The van der Waals surface area contributed by atoms with Crippen LogP contribution >= 0.6 is 0 Å². The second kappa shape index (κ2) is 4.93. The van der Waals surface area contributed by atoms with Crippen LogP contribution in [0.25, 0.3) is 0 Å². The summed E-state index contributed by atoms with van der Waals surface area (Å²) in [5.74, 6) is 1.19. The Morgan fingerprint density at radius 2 is 2.06 bits per heavy atom. The number of hydrogen-bond acceptors (Lipinski definition) is 5. The van der Waals surface area contributed by atoms with Crippen LogP contribution in [0, 0.1) is 0 Å². The molecule has 0 spiro atoms. The zero-order chi connectivity index (χ0) is 12.3. The van der Waals surface area contributed by atoms with E-state index >= 15 is 0 Å². The molecule has 16 heavy (non-hydrogen) atoms. The second-order valence-electron chi connectivity index (χ2n) is 4.89. The Balaban J connectivity index is 2.72. The highest BCUT2D eigenvalue weighted by molar-refractivity contribution is 4.99. The molecule has 1 aromatic heterocycles. The van der Waals surface area contributed by atoms with Gasteiger partial charge in [-0.2, -0.15) is 4.98 Å². The van der Waals surface area contributed by atoms with E-state index in [0.29, 0.717) is 24.3 Å². The summed E-state index contributed by atoms with van der Waals surface area (Å²) in [4.78, 5) is 6.56. The van der Waals surface area contributed by atoms with Gasteiger partial charge in [0.05, 0.1) is 12.1 Å². The van der Waals surface area contributed by atoms with Crippen molar-refractivity contribution in [2.75, 3.05) is 6.54 Å². The first-order valence-electron chi connectivity index (χ1n) is 5.70. The first-order chi connectivity index (χ1) is 7.34. The predicted octanol–water partition coefficient (Wildman–Crippen LogP) is 1.49. The van der Waals surface area contributed by atoms with Gasteiger partial charge in [-0.3, -0.25) is 4.90 Å². The van der Waals surface area contributed by atoms with Crippen LogP contribution in [0.15, 0.2) is 4.52 Å². The number of nitrogens with zero attached hydrogens (tertiary/aromatic N) is 3. The van der Waals surface area contributed by atoms with E-state index in [-0.39, 0.29) is 0 Å². The molecule has 0 amide bonds. The van der Waals surface area contributed by atoms with Crippen molar-refractivity contribution in [3.8, 4) is 0 Å². The molecule has 0 aliphatic heterocycles. The minimum Gasteiger partial charge on any atom is -0.338 e. The molecule has 0 bridgehead atoms.